The molecule has 0 saturated heterocycles. The van der Waals surface area contributed by atoms with Gasteiger partial charge in [-0.05, 0) is 6.92 Å². The number of nitrogens with zero attached hydrogens (tertiary/aromatic N) is 1. The van der Waals surface area contributed by atoms with E-state index >= 15 is 0 Å². The normalized spacial score (nSPS) is 16.2. The van der Waals surface area contributed by atoms with Crippen LogP contribution >= 0.6 is 0 Å². The van der Waals surface area contributed by atoms with Crippen molar-refractivity contribution in [3.63, 3.8) is 0 Å². The SMILES string of the molecule is C[C@@H](O)C([NH+]=[N-])C(=O)OC[C@H](N)C(=O)O. The van der Waals surface area contributed by atoms with E-state index in [0.29, 0.717) is 0 Å². The number of hydrogen-bond acceptors (Lipinski definition) is 5. The lowest BCUT2D eigenvalue weighted by atomic mass is 10.2. The van der Waals surface area contributed by atoms with Crippen molar-refractivity contribution in [3.05, 3.63) is 5.53 Å². The van der Waals surface area contributed by atoms with Gasteiger partial charge in [-0.2, -0.15) is 0 Å². The molecular formula is C7H13N3O5. The average molecular weight is 219 g/mol. The van der Waals surface area contributed by atoms with Crippen LogP contribution in [0, 0.1) is 0 Å². The summed E-state index contributed by atoms with van der Waals surface area (Å²) >= 11 is 0. The zero-order valence-corrected chi connectivity index (χ0v) is 8.08. The lowest BCUT2D eigenvalue weighted by Crippen LogP contribution is -2.78. The highest BCUT2D eigenvalue weighted by Gasteiger charge is 2.28. The van der Waals surface area contributed by atoms with Crippen molar-refractivity contribution in [2.75, 3.05) is 6.61 Å². The molecule has 0 spiro atoms. The number of hydrogen-bond donors (Lipinski definition) is 4. The number of ether oxygens (including phenoxy) is 1. The van der Waals surface area contributed by atoms with Crippen molar-refractivity contribution in [3.8, 4) is 0 Å². The lowest BCUT2D eigenvalue weighted by molar-refractivity contribution is -0.523. The second-order valence-corrected chi connectivity index (χ2v) is 2.92. The van der Waals surface area contributed by atoms with Gasteiger partial charge in [0.05, 0.1) is 0 Å². The third-order valence-electron chi connectivity index (χ3n) is 1.60. The van der Waals surface area contributed by atoms with E-state index in [1.165, 1.54) is 6.92 Å². The predicted octanol–water partition coefficient (Wildman–Crippen LogP) is -3.21. The Bertz CT molecular complexity index is 255. The Hall–Kier alpha value is -1.54. The van der Waals surface area contributed by atoms with E-state index in [1.54, 1.807) is 5.11 Å². The topological polar surface area (TPSA) is 146 Å². The minimum absolute atomic E-state index is 0.529. The lowest BCUT2D eigenvalue weighted by Gasteiger charge is -2.12. The first-order valence-corrected chi connectivity index (χ1v) is 4.12. The van der Waals surface area contributed by atoms with Crippen LogP contribution in [-0.4, -0.2) is 46.9 Å². The first-order valence-electron chi connectivity index (χ1n) is 4.12. The fraction of sp³-hybridized carbons (Fsp3) is 0.714. The second-order valence-electron chi connectivity index (χ2n) is 2.92. The average Bonchev–Trinajstić information content (AvgIpc) is 2.14. The van der Waals surface area contributed by atoms with Gasteiger partial charge in [0, 0.05) is 0 Å². The van der Waals surface area contributed by atoms with Gasteiger partial charge in [0.1, 0.15) is 18.8 Å². The molecule has 0 aromatic carbocycles. The van der Waals surface area contributed by atoms with Crippen LogP contribution in [0.1, 0.15) is 6.92 Å². The zero-order chi connectivity index (χ0) is 12.0. The van der Waals surface area contributed by atoms with Gasteiger partial charge in [0.25, 0.3) is 6.04 Å². The van der Waals surface area contributed by atoms with Crippen molar-refractivity contribution in [2.24, 2.45) is 5.73 Å². The molecule has 8 nitrogen and oxygen atoms in total. The fourth-order valence-electron chi connectivity index (χ4n) is 0.690. The highest BCUT2D eigenvalue weighted by Crippen LogP contribution is 1.92. The van der Waals surface area contributed by atoms with Crippen LogP contribution in [-0.2, 0) is 14.3 Å². The third kappa shape index (κ3) is 4.47. The van der Waals surface area contributed by atoms with Crippen LogP contribution in [0.5, 0.6) is 0 Å². The molecule has 86 valence electrons. The van der Waals surface area contributed by atoms with E-state index in [-0.39, 0.29) is 0 Å². The van der Waals surface area contributed by atoms with Gasteiger partial charge in [0.15, 0.2) is 0 Å². The number of carbonyl (C=O) groups is 2. The molecule has 15 heavy (non-hydrogen) atoms. The quantitative estimate of drug-likeness (QED) is 0.273. The molecule has 0 saturated carbocycles. The number of nitrogens with one attached hydrogen (secondary N) is 1. The highest BCUT2D eigenvalue weighted by atomic mass is 16.5. The van der Waals surface area contributed by atoms with Crippen LogP contribution in [0.4, 0.5) is 0 Å². The summed E-state index contributed by atoms with van der Waals surface area (Å²) in [4.78, 5) is 21.3. The Morgan fingerprint density at radius 1 is 1.60 bits per heavy atom. The predicted molar refractivity (Wildman–Crippen MR) is 46.4 cm³/mol. The van der Waals surface area contributed by atoms with Gasteiger partial charge < -0.3 is 31.3 Å². The second kappa shape index (κ2) is 6.04. The van der Waals surface area contributed by atoms with E-state index in [2.05, 4.69) is 4.74 Å². The number of carboxylic acids is 1. The number of esters is 1. The molecule has 1 unspecified atom stereocenters. The molecular weight excluding hydrogens is 206 g/mol. The van der Waals surface area contributed by atoms with Gasteiger partial charge in [-0.3, -0.25) is 4.79 Å². The number of aliphatic hydroxyl groups excluding tert-OH is 1. The first kappa shape index (κ1) is 13.5. The van der Waals surface area contributed by atoms with Crippen molar-refractivity contribution in [1.29, 1.82) is 0 Å². The molecule has 0 radical (unpaired) electrons. The number of carboxylic acid groups (broad SMARTS) is 1. The summed E-state index contributed by atoms with van der Waals surface area (Å²) in [6.07, 6.45) is -1.18. The Balaban J connectivity index is 4.13. The highest BCUT2D eigenvalue weighted by molar-refractivity contribution is 5.76. The van der Waals surface area contributed by atoms with Crippen LogP contribution in [0.25, 0.3) is 5.53 Å². The maximum absolute atomic E-state index is 11.1. The summed E-state index contributed by atoms with van der Waals surface area (Å²) in [5.41, 5.74) is 13.5. The van der Waals surface area contributed by atoms with Gasteiger partial charge in [0.2, 0.25) is 0 Å². The van der Waals surface area contributed by atoms with Gasteiger partial charge in [-0.25, -0.2) is 4.79 Å². The van der Waals surface area contributed by atoms with Gasteiger partial charge >= 0.3 is 11.9 Å². The van der Waals surface area contributed by atoms with E-state index in [9.17, 15) is 9.59 Å². The summed E-state index contributed by atoms with van der Waals surface area (Å²) in [6, 6.07) is -2.66. The smallest absolute Gasteiger partial charge is 0.377 e. The minimum atomic E-state index is -1.33. The van der Waals surface area contributed by atoms with Crippen LogP contribution in [0.2, 0.25) is 0 Å². The summed E-state index contributed by atoms with van der Waals surface area (Å²) in [5.74, 6) is -2.29. The number of aliphatic hydroxyl groups is 1. The van der Waals surface area contributed by atoms with E-state index in [1.807, 2.05) is 0 Å². The van der Waals surface area contributed by atoms with Crippen LogP contribution < -0.4 is 10.8 Å². The van der Waals surface area contributed by atoms with Crippen molar-refractivity contribution >= 4 is 11.9 Å². The molecule has 0 aliphatic heterocycles. The first-order chi connectivity index (χ1) is 6.90. The Kier molecular flexibility index (Phi) is 5.42. The largest absolute Gasteiger partial charge is 0.508 e. The third-order valence-corrected chi connectivity index (χ3v) is 1.60. The van der Waals surface area contributed by atoms with E-state index in [4.69, 9.17) is 21.5 Å². The molecule has 8 heteroatoms. The van der Waals surface area contributed by atoms with Crippen molar-refractivity contribution in [1.82, 2.24) is 0 Å². The molecule has 0 aliphatic rings. The Morgan fingerprint density at radius 2 is 2.13 bits per heavy atom. The Morgan fingerprint density at radius 3 is 2.47 bits per heavy atom. The zero-order valence-electron chi connectivity index (χ0n) is 8.08. The number of aliphatic carboxylic acids is 1. The number of nitrogens with two attached hydrogens (primary N) is 1. The Labute approximate surface area is 85.5 Å². The summed E-state index contributed by atoms with van der Waals surface area (Å²) < 4.78 is 4.45. The molecule has 3 atom stereocenters. The van der Waals surface area contributed by atoms with E-state index < -0.39 is 36.7 Å². The molecule has 0 aromatic heterocycles. The summed E-state index contributed by atoms with van der Waals surface area (Å²) in [7, 11) is 0. The number of rotatable bonds is 6. The molecule has 0 heterocycles. The standard InChI is InChI=1S/C7H13N3O5/c1-3(11)5(10-9)7(14)15-2-4(8)6(12)13/h3-5,10-11H,2,8H2,1H3,(H,12,13)/t3-,4+,5?/m1/s1. The summed E-state index contributed by atoms with van der Waals surface area (Å²) in [6.45, 7) is 0.728. The maximum Gasteiger partial charge on any atom is 0.377 e. The monoisotopic (exact) mass is 219 g/mol. The molecule has 0 amide bonds. The van der Waals surface area contributed by atoms with Crippen LogP contribution in [0.15, 0.2) is 0 Å². The molecule has 0 aliphatic carbocycles. The van der Waals surface area contributed by atoms with Crippen LogP contribution in [0.3, 0.4) is 0 Å². The van der Waals surface area contributed by atoms with Gasteiger partial charge in [-0.15, -0.1) is 0 Å². The van der Waals surface area contributed by atoms with E-state index in [0.717, 1.165) is 0 Å². The summed E-state index contributed by atoms with van der Waals surface area (Å²) in [5, 5.41) is 18.9. The minimum Gasteiger partial charge on any atom is -0.508 e. The molecule has 0 bridgehead atoms. The fourth-order valence-corrected chi connectivity index (χ4v) is 0.690. The van der Waals surface area contributed by atoms with Gasteiger partial charge in [-0.1, -0.05) is 0 Å². The molecule has 0 fully saturated rings. The van der Waals surface area contributed by atoms with Crippen molar-refractivity contribution < 1.29 is 29.7 Å². The molecule has 5 N–H and O–H groups in total. The van der Waals surface area contributed by atoms with Crippen molar-refractivity contribution in [2.45, 2.75) is 25.1 Å². The number of carbonyl (C=O) groups excluding carboxylic acids is 1. The molecule has 0 aromatic rings. The maximum atomic E-state index is 11.1. The molecule has 0 rings (SSSR count).